The first-order valence-electron chi connectivity index (χ1n) is 9.39. The number of hydrogen-bond donors (Lipinski definition) is 0. The molecule has 0 radical (unpaired) electrons. The number of benzene rings is 2. The van der Waals surface area contributed by atoms with E-state index < -0.39 is 5.92 Å². The van der Waals surface area contributed by atoms with Gasteiger partial charge in [-0.15, -0.1) is 0 Å². The third kappa shape index (κ3) is 3.12. The van der Waals surface area contributed by atoms with Crippen LogP contribution in [0.5, 0.6) is 0 Å². The molecule has 2 aromatic carbocycles. The Morgan fingerprint density at radius 2 is 1.75 bits per heavy atom. The monoisotopic (exact) mass is 393 g/mol. The number of hydrazine groups is 1. The van der Waals surface area contributed by atoms with Gasteiger partial charge in [0.05, 0.1) is 16.9 Å². The Hall–Kier alpha value is -2.92. The zero-order valence-corrected chi connectivity index (χ0v) is 16.3. The lowest BCUT2D eigenvalue weighted by molar-refractivity contribution is -0.127. The fraction of sp³-hybridized carbons (Fsp3) is 0.227. The second-order valence-corrected chi connectivity index (χ2v) is 7.26. The number of para-hydroxylation sites is 1. The third-order valence-corrected chi connectivity index (χ3v) is 5.21. The number of fused-ring (bicyclic) bond motifs is 1. The molecule has 1 aromatic heterocycles. The lowest BCUT2D eigenvalue weighted by Gasteiger charge is -2.28. The van der Waals surface area contributed by atoms with E-state index in [9.17, 15) is 9.59 Å². The van der Waals surface area contributed by atoms with Crippen molar-refractivity contribution in [1.29, 1.82) is 0 Å². The summed E-state index contributed by atoms with van der Waals surface area (Å²) in [6.45, 7) is 2.05. The van der Waals surface area contributed by atoms with Crippen LogP contribution in [0.15, 0.2) is 60.8 Å². The van der Waals surface area contributed by atoms with Crippen molar-refractivity contribution in [1.82, 2.24) is 4.98 Å². The quantitative estimate of drug-likeness (QED) is 0.574. The van der Waals surface area contributed by atoms with Crippen LogP contribution in [-0.2, 0) is 9.59 Å². The lowest BCUT2D eigenvalue weighted by atomic mass is 10.0. The molecule has 5 nitrogen and oxygen atoms in total. The van der Waals surface area contributed by atoms with Crippen LogP contribution >= 0.6 is 11.6 Å². The summed E-state index contributed by atoms with van der Waals surface area (Å²) in [7, 11) is 0. The van der Waals surface area contributed by atoms with Gasteiger partial charge in [0.25, 0.3) is 11.8 Å². The number of aromatic nitrogens is 1. The van der Waals surface area contributed by atoms with E-state index in [0.717, 1.165) is 18.2 Å². The van der Waals surface area contributed by atoms with Crippen LogP contribution in [0, 0.1) is 5.92 Å². The molecule has 2 heterocycles. The molecule has 0 spiro atoms. The number of unbranched alkanes of at least 4 members (excludes halogenated alkanes) is 1. The summed E-state index contributed by atoms with van der Waals surface area (Å²) in [5, 5.41) is 4.33. The lowest BCUT2D eigenvalue weighted by Crippen LogP contribution is -2.41. The normalized spacial score (nSPS) is 17.0. The number of rotatable bonds is 5. The van der Waals surface area contributed by atoms with E-state index in [-0.39, 0.29) is 11.8 Å². The Kier molecular flexibility index (Phi) is 5.01. The van der Waals surface area contributed by atoms with Crippen molar-refractivity contribution >= 4 is 45.7 Å². The predicted octanol–water partition coefficient (Wildman–Crippen LogP) is 4.99. The highest BCUT2D eigenvalue weighted by atomic mass is 35.5. The highest BCUT2D eigenvalue weighted by Gasteiger charge is 2.46. The molecule has 4 rings (SSSR count). The zero-order valence-electron chi connectivity index (χ0n) is 15.5. The molecule has 6 heteroatoms. The van der Waals surface area contributed by atoms with Crippen LogP contribution in [0.3, 0.4) is 0 Å². The number of halogens is 1. The van der Waals surface area contributed by atoms with Crippen molar-refractivity contribution in [3.05, 3.63) is 65.8 Å². The maximum Gasteiger partial charge on any atom is 0.258 e. The second kappa shape index (κ2) is 7.60. The number of carbonyl (C=O) groups is 2. The fourth-order valence-electron chi connectivity index (χ4n) is 3.58. The summed E-state index contributed by atoms with van der Waals surface area (Å²) in [5.74, 6) is -1.07. The topological polar surface area (TPSA) is 53.5 Å². The summed E-state index contributed by atoms with van der Waals surface area (Å²) in [5.41, 5.74) is 1.97. The van der Waals surface area contributed by atoms with E-state index in [1.165, 1.54) is 10.0 Å². The zero-order chi connectivity index (χ0) is 19.7. The molecule has 142 valence electrons. The summed E-state index contributed by atoms with van der Waals surface area (Å²) in [6, 6.07) is 16.4. The van der Waals surface area contributed by atoms with E-state index >= 15 is 0 Å². The second-order valence-electron chi connectivity index (χ2n) is 6.82. The van der Waals surface area contributed by atoms with Gasteiger partial charge < -0.3 is 0 Å². The molecular weight excluding hydrogens is 374 g/mol. The van der Waals surface area contributed by atoms with Crippen molar-refractivity contribution in [2.75, 3.05) is 10.0 Å². The van der Waals surface area contributed by atoms with Gasteiger partial charge in [-0.05, 0) is 42.8 Å². The maximum atomic E-state index is 13.3. The smallest absolute Gasteiger partial charge is 0.258 e. The Bertz CT molecular complexity index is 1040. The highest BCUT2D eigenvalue weighted by molar-refractivity contribution is 6.31. The van der Waals surface area contributed by atoms with Crippen LogP contribution in [0.25, 0.3) is 10.9 Å². The largest absolute Gasteiger partial charge is 0.272 e. The van der Waals surface area contributed by atoms with Crippen molar-refractivity contribution < 1.29 is 9.59 Å². The first-order valence-corrected chi connectivity index (χ1v) is 9.76. The summed E-state index contributed by atoms with van der Waals surface area (Å²) >= 11 is 6.10. The molecule has 0 bridgehead atoms. The van der Waals surface area contributed by atoms with E-state index in [4.69, 9.17) is 11.6 Å². The fourth-order valence-corrected chi connectivity index (χ4v) is 3.75. The van der Waals surface area contributed by atoms with Gasteiger partial charge in [-0.1, -0.05) is 49.6 Å². The number of hydrogen-bond acceptors (Lipinski definition) is 3. The van der Waals surface area contributed by atoms with Gasteiger partial charge in [0.2, 0.25) is 0 Å². The molecule has 28 heavy (non-hydrogen) atoms. The van der Waals surface area contributed by atoms with Crippen LogP contribution in [0.4, 0.5) is 11.4 Å². The maximum absolute atomic E-state index is 13.3. The van der Waals surface area contributed by atoms with Crippen molar-refractivity contribution in [3.63, 3.8) is 0 Å². The number of amides is 2. The number of anilines is 2. The number of nitrogens with zero attached hydrogens (tertiary/aromatic N) is 3. The average Bonchev–Trinajstić information content (AvgIpc) is 2.96. The Morgan fingerprint density at radius 3 is 2.50 bits per heavy atom. The van der Waals surface area contributed by atoms with Crippen LogP contribution < -0.4 is 10.0 Å². The molecule has 1 aliphatic rings. The minimum atomic E-state index is -0.671. The Morgan fingerprint density at radius 1 is 1.00 bits per heavy atom. The summed E-state index contributed by atoms with van der Waals surface area (Å²) in [4.78, 5) is 30.9. The number of pyridine rings is 1. The van der Waals surface area contributed by atoms with Gasteiger partial charge in [-0.2, -0.15) is 0 Å². The summed E-state index contributed by atoms with van der Waals surface area (Å²) in [6.07, 6.45) is 3.93. The minimum absolute atomic E-state index is 0.191. The standard InChI is InChI=1S/C22H20ClN3O2/c1-2-3-9-18-21(27)25(16-7-5-4-6-8-16)26(22(18)28)20-12-13-24-19-14-15(23)10-11-17(19)20/h4-8,10-14,18H,2-3,9H2,1H3. The van der Waals surface area contributed by atoms with Crippen molar-refractivity contribution in [2.45, 2.75) is 26.2 Å². The predicted molar refractivity (Wildman–Crippen MR) is 111 cm³/mol. The molecule has 3 aromatic rings. The average molecular weight is 394 g/mol. The van der Waals surface area contributed by atoms with Gasteiger partial charge in [0, 0.05) is 16.6 Å². The molecule has 2 amide bonds. The van der Waals surface area contributed by atoms with Gasteiger partial charge in [0.15, 0.2) is 0 Å². The van der Waals surface area contributed by atoms with Gasteiger partial charge in [-0.25, -0.2) is 10.0 Å². The molecule has 0 N–H and O–H groups in total. The van der Waals surface area contributed by atoms with E-state index in [1.807, 2.05) is 36.4 Å². The van der Waals surface area contributed by atoms with E-state index in [1.54, 1.807) is 24.4 Å². The van der Waals surface area contributed by atoms with Crippen molar-refractivity contribution in [2.24, 2.45) is 5.92 Å². The SMILES string of the molecule is CCCCC1C(=O)N(c2ccccc2)N(c2ccnc3cc(Cl)ccc23)C1=O. The Balaban J connectivity index is 1.87. The molecule has 1 atom stereocenters. The summed E-state index contributed by atoms with van der Waals surface area (Å²) < 4.78 is 0. The van der Waals surface area contributed by atoms with Gasteiger partial charge >= 0.3 is 0 Å². The first kappa shape index (κ1) is 18.4. The van der Waals surface area contributed by atoms with Crippen LogP contribution in [-0.4, -0.2) is 16.8 Å². The number of carbonyl (C=O) groups excluding carboxylic acids is 2. The first-order chi connectivity index (χ1) is 13.6. The molecule has 1 saturated heterocycles. The molecule has 1 unspecified atom stereocenters. The molecular formula is C22H20ClN3O2. The van der Waals surface area contributed by atoms with Crippen LogP contribution in [0.1, 0.15) is 26.2 Å². The molecule has 0 aliphatic carbocycles. The molecule has 1 fully saturated rings. The van der Waals surface area contributed by atoms with E-state index in [2.05, 4.69) is 11.9 Å². The minimum Gasteiger partial charge on any atom is -0.272 e. The third-order valence-electron chi connectivity index (χ3n) is 4.97. The van der Waals surface area contributed by atoms with Crippen molar-refractivity contribution in [3.8, 4) is 0 Å². The Labute approximate surface area is 168 Å². The van der Waals surface area contributed by atoms with Gasteiger partial charge in [0.1, 0.15) is 5.92 Å². The molecule has 1 aliphatic heterocycles. The molecule has 0 saturated carbocycles. The van der Waals surface area contributed by atoms with Gasteiger partial charge in [-0.3, -0.25) is 14.6 Å². The highest BCUT2D eigenvalue weighted by Crippen LogP contribution is 2.37. The van der Waals surface area contributed by atoms with Crippen LogP contribution in [0.2, 0.25) is 5.02 Å². The van der Waals surface area contributed by atoms with E-state index in [0.29, 0.717) is 28.3 Å².